The molecule has 1 aliphatic rings. The molecular weight excluding hydrogens is 517 g/mol. The number of methoxy groups -OCH3 is 1. The number of carbonyl (C=O) groups is 3. The van der Waals surface area contributed by atoms with Crippen molar-refractivity contribution < 1.29 is 37.0 Å². The molecule has 39 heavy (non-hydrogen) atoms. The Bertz CT molecular complexity index is 1390. The van der Waals surface area contributed by atoms with Gasteiger partial charge < -0.3 is 19.3 Å². The number of amides is 4. The highest BCUT2D eigenvalue weighted by Gasteiger charge is 2.52. The molecular formula is C27H25F3N4O5. The van der Waals surface area contributed by atoms with Crippen LogP contribution in [0.3, 0.4) is 0 Å². The van der Waals surface area contributed by atoms with Crippen molar-refractivity contribution in [3.05, 3.63) is 78.1 Å². The van der Waals surface area contributed by atoms with Gasteiger partial charge in [-0.15, -0.1) is 13.2 Å². The van der Waals surface area contributed by atoms with Crippen molar-refractivity contribution in [3.8, 4) is 11.5 Å². The number of imide groups is 1. The molecule has 0 aliphatic carbocycles. The number of hydrogen-bond acceptors (Lipinski definition) is 6. The first-order valence-electron chi connectivity index (χ1n) is 11.7. The summed E-state index contributed by atoms with van der Waals surface area (Å²) in [4.78, 5) is 47.8. The second-order valence-electron chi connectivity index (χ2n) is 9.21. The molecule has 1 saturated heterocycles. The van der Waals surface area contributed by atoms with Gasteiger partial charge in [-0.05, 0) is 74.0 Å². The van der Waals surface area contributed by atoms with E-state index in [0.29, 0.717) is 17.0 Å². The van der Waals surface area contributed by atoms with Gasteiger partial charge in [-0.2, -0.15) is 0 Å². The molecule has 2 heterocycles. The lowest BCUT2D eigenvalue weighted by atomic mass is 10.0. The first kappa shape index (κ1) is 27.4. The fraction of sp³-hybridized carbons (Fsp3) is 0.259. The van der Waals surface area contributed by atoms with Crippen LogP contribution in [0.15, 0.2) is 67.0 Å². The molecule has 3 aromatic rings. The Morgan fingerprint density at radius 2 is 1.62 bits per heavy atom. The number of hydrogen-bond donors (Lipinski definition) is 0. The zero-order valence-corrected chi connectivity index (χ0v) is 21.5. The third-order valence-corrected chi connectivity index (χ3v) is 6.39. The summed E-state index contributed by atoms with van der Waals surface area (Å²) in [6.07, 6.45) is -2.00. The molecule has 4 rings (SSSR count). The zero-order chi connectivity index (χ0) is 28.5. The first-order chi connectivity index (χ1) is 18.3. The number of rotatable bonds is 7. The maximum atomic E-state index is 13.4. The maximum absolute atomic E-state index is 13.4. The zero-order valence-electron chi connectivity index (χ0n) is 21.5. The molecule has 4 amide bonds. The smallest absolute Gasteiger partial charge is 0.497 e. The van der Waals surface area contributed by atoms with Crippen LogP contribution in [0.4, 0.5) is 29.3 Å². The standard InChI is InChI=1S/C27H25F3N4O5/c1-26(2)24(36)34(19-7-11-21(12-8-19)39-27(28,29)30)25(37)33(26)16-17-13-14-31-15-22(17)23(35)32(3)18-5-9-20(38-4)10-6-18/h5-15H,16H2,1-4H3. The number of urea groups is 1. The number of nitrogens with zero attached hydrogens (tertiary/aromatic N) is 4. The van der Waals surface area contributed by atoms with Crippen LogP contribution in [0.5, 0.6) is 11.5 Å². The number of pyridine rings is 1. The highest BCUT2D eigenvalue weighted by Crippen LogP contribution is 2.35. The molecule has 0 atom stereocenters. The SMILES string of the molecule is COc1ccc(N(C)C(=O)c2cnccc2CN2C(=O)N(c3ccc(OC(F)(F)F)cc3)C(=O)C2(C)C)cc1. The number of benzene rings is 2. The number of halogens is 3. The summed E-state index contributed by atoms with van der Waals surface area (Å²) in [7, 11) is 3.14. The Labute approximate surface area is 222 Å². The van der Waals surface area contributed by atoms with Crippen molar-refractivity contribution in [2.24, 2.45) is 0 Å². The molecule has 1 aliphatic heterocycles. The second kappa shape index (κ2) is 10.3. The van der Waals surface area contributed by atoms with Crippen LogP contribution in [-0.2, 0) is 11.3 Å². The lowest BCUT2D eigenvalue weighted by Gasteiger charge is -2.28. The Balaban J connectivity index is 1.59. The van der Waals surface area contributed by atoms with Crippen LogP contribution in [0.2, 0.25) is 0 Å². The van der Waals surface area contributed by atoms with E-state index in [2.05, 4.69) is 9.72 Å². The lowest BCUT2D eigenvalue weighted by Crippen LogP contribution is -2.44. The van der Waals surface area contributed by atoms with Gasteiger partial charge in [-0.1, -0.05) is 0 Å². The van der Waals surface area contributed by atoms with Crippen molar-refractivity contribution >= 4 is 29.2 Å². The van der Waals surface area contributed by atoms with Gasteiger partial charge in [0, 0.05) is 31.7 Å². The molecule has 0 spiro atoms. The predicted molar refractivity (Wildman–Crippen MR) is 136 cm³/mol. The molecule has 1 fully saturated rings. The van der Waals surface area contributed by atoms with Gasteiger partial charge in [0.1, 0.15) is 17.0 Å². The van der Waals surface area contributed by atoms with Gasteiger partial charge in [0.25, 0.3) is 11.8 Å². The van der Waals surface area contributed by atoms with Crippen LogP contribution >= 0.6 is 0 Å². The normalized spacial score (nSPS) is 14.9. The van der Waals surface area contributed by atoms with Gasteiger partial charge in [0.15, 0.2) is 0 Å². The van der Waals surface area contributed by atoms with Crippen molar-refractivity contribution in [3.63, 3.8) is 0 Å². The molecule has 204 valence electrons. The van der Waals surface area contributed by atoms with E-state index < -0.39 is 29.6 Å². The van der Waals surface area contributed by atoms with E-state index in [4.69, 9.17) is 4.74 Å². The van der Waals surface area contributed by atoms with E-state index in [-0.39, 0.29) is 23.7 Å². The molecule has 0 bridgehead atoms. The van der Waals surface area contributed by atoms with E-state index in [0.717, 1.165) is 17.0 Å². The number of anilines is 2. The topological polar surface area (TPSA) is 92.3 Å². The summed E-state index contributed by atoms with van der Waals surface area (Å²) < 4.78 is 46.6. The second-order valence-corrected chi connectivity index (χ2v) is 9.21. The summed E-state index contributed by atoms with van der Waals surface area (Å²) in [6.45, 7) is 3.02. The third kappa shape index (κ3) is 5.49. The molecule has 0 N–H and O–H groups in total. The van der Waals surface area contributed by atoms with Crippen LogP contribution < -0.4 is 19.3 Å². The van der Waals surface area contributed by atoms with E-state index >= 15 is 0 Å². The van der Waals surface area contributed by atoms with Crippen LogP contribution in [0.1, 0.15) is 29.8 Å². The van der Waals surface area contributed by atoms with Gasteiger partial charge in [-0.25, -0.2) is 9.69 Å². The highest BCUT2D eigenvalue weighted by atomic mass is 19.4. The van der Waals surface area contributed by atoms with Gasteiger partial charge in [0.2, 0.25) is 0 Å². The van der Waals surface area contributed by atoms with Crippen molar-refractivity contribution in [1.29, 1.82) is 0 Å². The van der Waals surface area contributed by atoms with Crippen molar-refractivity contribution in [2.45, 2.75) is 32.3 Å². The molecule has 12 heteroatoms. The van der Waals surface area contributed by atoms with Gasteiger partial charge in [0.05, 0.1) is 18.4 Å². The highest BCUT2D eigenvalue weighted by molar-refractivity contribution is 6.23. The maximum Gasteiger partial charge on any atom is 0.573 e. The monoisotopic (exact) mass is 542 g/mol. The Morgan fingerprint density at radius 3 is 2.21 bits per heavy atom. The lowest BCUT2D eigenvalue weighted by molar-refractivity contribution is -0.274. The van der Waals surface area contributed by atoms with Gasteiger partial charge >= 0.3 is 12.4 Å². The Kier molecular flexibility index (Phi) is 7.23. The molecule has 0 radical (unpaired) electrons. The predicted octanol–water partition coefficient (Wildman–Crippen LogP) is 5.01. The largest absolute Gasteiger partial charge is 0.573 e. The summed E-state index contributed by atoms with van der Waals surface area (Å²) in [5, 5.41) is 0. The average Bonchev–Trinajstić information content (AvgIpc) is 3.07. The number of carbonyl (C=O) groups excluding carboxylic acids is 3. The summed E-state index contributed by atoms with van der Waals surface area (Å²) in [5.41, 5.74) is 0.0659. The molecule has 9 nitrogen and oxygen atoms in total. The fourth-order valence-electron chi connectivity index (χ4n) is 4.15. The van der Waals surface area contributed by atoms with Crippen LogP contribution in [0, 0.1) is 0 Å². The number of alkyl halides is 3. The quantitative estimate of drug-likeness (QED) is 0.390. The van der Waals surface area contributed by atoms with Crippen molar-refractivity contribution in [2.75, 3.05) is 24.0 Å². The van der Waals surface area contributed by atoms with Gasteiger partial charge in [-0.3, -0.25) is 14.6 Å². The van der Waals surface area contributed by atoms with Crippen LogP contribution in [0.25, 0.3) is 0 Å². The van der Waals surface area contributed by atoms with Crippen molar-refractivity contribution in [1.82, 2.24) is 9.88 Å². The summed E-state index contributed by atoms with van der Waals surface area (Å²) in [6, 6.07) is 12.2. The minimum absolute atomic E-state index is 0.0837. The minimum Gasteiger partial charge on any atom is -0.497 e. The average molecular weight is 543 g/mol. The number of aromatic nitrogens is 1. The minimum atomic E-state index is -4.87. The van der Waals surface area contributed by atoms with E-state index in [1.165, 1.54) is 41.4 Å². The Morgan fingerprint density at radius 1 is 1.00 bits per heavy atom. The third-order valence-electron chi connectivity index (χ3n) is 6.39. The summed E-state index contributed by atoms with van der Waals surface area (Å²) in [5.74, 6) is -0.805. The van der Waals surface area contributed by atoms with E-state index in [1.54, 1.807) is 51.2 Å². The fourth-order valence-corrected chi connectivity index (χ4v) is 4.15. The van der Waals surface area contributed by atoms with E-state index in [9.17, 15) is 27.6 Å². The molecule has 1 aromatic heterocycles. The Hall–Kier alpha value is -4.61. The van der Waals surface area contributed by atoms with Crippen LogP contribution in [-0.4, -0.2) is 53.8 Å². The molecule has 0 saturated carbocycles. The van der Waals surface area contributed by atoms with E-state index in [1.807, 2.05) is 0 Å². The number of ether oxygens (including phenoxy) is 2. The molecule has 0 unspecified atom stereocenters. The summed E-state index contributed by atoms with van der Waals surface area (Å²) >= 11 is 0. The molecule has 2 aromatic carbocycles. The first-order valence-corrected chi connectivity index (χ1v) is 11.7.